The van der Waals surface area contributed by atoms with Crippen molar-refractivity contribution in [2.24, 2.45) is 0 Å². The maximum Gasteiger partial charge on any atom is 0.221 e. The Labute approximate surface area is 95.8 Å². The minimum Gasteiger partial charge on any atom is -0.463 e. The summed E-state index contributed by atoms with van der Waals surface area (Å²) in [5, 5.41) is 9.47. The molecule has 90 valence electrons. The number of aliphatic hydroxyl groups is 1. The van der Waals surface area contributed by atoms with Gasteiger partial charge in [0.2, 0.25) is 6.29 Å². The highest BCUT2D eigenvalue weighted by molar-refractivity contribution is 5.20. The predicted molar refractivity (Wildman–Crippen MR) is 60.4 cm³/mol. The fourth-order valence-corrected chi connectivity index (χ4v) is 1.14. The molecule has 0 aromatic heterocycles. The van der Waals surface area contributed by atoms with Crippen molar-refractivity contribution in [3.8, 4) is 5.75 Å². The van der Waals surface area contributed by atoms with Crippen LogP contribution >= 0.6 is 0 Å². The van der Waals surface area contributed by atoms with Crippen molar-refractivity contribution in [1.82, 2.24) is 0 Å². The average molecular weight is 226 g/mol. The van der Waals surface area contributed by atoms with Gasteiger partial charge in [-0.3, -0.25) is 0 Å². The van der Waals surface area contributed by atoms with Gasteiger partial charge in [0.1, 0.15) is 12.4 Å². The van der Waals surface area contributed by atoms with Crippen molar-refractivity contribution in [2.45, 2.75) is 13.2 Å². The molecule has 1 aromatic rings. The number of hydrogen-bond donors (Lipinski definition) is 1. The Balaban J connectivity index is 2.09. The minimum atomic E-state index is -0.941. The van der Waals surface area contributed by atoms with Crippen LogP contribution in [0, 0.1) is 0 Å². The predicted octanol–water partition coefficient (Wildman–Crippen LogP) is 1.44. The van der Waals surface area contributed by atoms with Crippen LogP contribution < -0.4 is 4.74 Å². The van der Waals surface area contributed by atoms with E-state index < -0.39 is 6.29 Å². The Bertz CT molecular complexity index is 263. The van der Waals surface area contributed by atoms with E-state index >= 15 is 0 Å². The molecular formula is C12H18O4. The largest absolute Gasteiger partial charge is 0.463 e. The lowest BCUT2D eigenvalue weighted by molar-refractivity contribution is -0.0839. The van der Waals surface area contributed by atoms with E-state index in [0.717, 1.165) is 0 Å². The van der Waals surface area contributed by atoms with Crippen molar-refractivity contribution in [3.63, 3.8) is 0 Å². The Hall–Kier alpha value is -1.10. The van der Waals surface area contributed by atoms with Gasteiger partial charge in [0.05, 0.1) is 13.2 Å². The number of hydrogen-bond acceptors (Lipinski definition) is 4. The molecule has 1 atom stereocenters. The SMILES string of the molecule is CCOCCOCC(O)Oc1ccccc1. The van der Waals surface area contributed by atoms with E-state index in [1.807, 2.05) is 25.1 Å². The number of aliphatic hydroxyl groups excluding tert-OH is 1. The molecule has 0 spiro atoms. The van der Waals surface area contributed by atoms with Gasteiger partial charge >= 0.3 is 0 Å². The molecule has 16 heavy (non-hydrogen) atoms. The highest BCUT2D eigenvalue weighted by Crippen LogP contribution is 2.09. The Kier molecular flexibility index (Phi) is 6.56. The Morgan fingerprint density at radius 2 is 1.81 bits per heavy atom. The number of benzene rings is 1. The van der Waals surface area contributed by atoms with Crippen LogP contribution in [0.1, 0.15) is 6.92 Å². The van der Waals surface area contributed by atoms with Crippen molar-refractivity contribution in [1.29, 1.82) is 0 Å². The molecule has 0 amide bonds. The quantitative estimate of drug-likeness (QED) is 0.538. The lowest BCUT2D eigenvalue weighted by atomic mass is 10.3. The van der Waals surface area contributed by atoms with Crippen molar-refractivity contribution in [3.05, 3.63) is 30.3 Å². The topological polar surface area (TPSA) is 47.9 Å². The van der Waals surface area contributed by atoms with Gasteiger partial charge in [0, 0.05) is 6.61 Å². The molecule has 0 aliphatic heterocycles. The molecule has 0 saturated carbocycles. The molecule has 0 heterocycles. The van der Waals surface area contributed by atoms with Crippen molar-refractivity contribution >= 4 is 0 Å². The van der Waals surface area contributed by atoms with Gasteiger partial charge in [-0.1, -0.05) is 18.2 Å². The monoisotopic (exact) mass is 226 g/mol. The van der Waals surface area contributed by atoms with Gasteiger partial charge in [-0.15, -0.1) is 0 Å². The van der Waals surface area contributed by atoms with Crippen LogP contribution in [-0.4, -0.2) is 37.8 Å². The molecule has 0 fully saturated rings. The van der Waals surface area contributed by atoms with Crippen LogP contribution in [0.3, 0.4) is 0 Å². The van der Waals surface area contributed by atoms with Gasteiger partial charge in [0.15, 0.2) is 0 Å². The van der Waals surface area contributed by atoms with Gasteiger partial charge in [-0.25, -0.2) is 0 Å². The zero-order chi connectivity index (χ0) is 11.6. The highest BCUT2D eigenvalue weighted by atomic mass is 16.6. The zero-order valence-corrected chi connectivity index (χ0v) is 9.46. The van der Waals surface area contributed by atoms with E-state index in [-0.39, 0.29) is 6.61 Å². The zero-order valence-electron chi connectivity index (χ0n) is 9.46. The molecule has 0 saturated heterocycles. The molecule has 0 aliphatic carbocycles. The van der Waals surface area contributed by atoms with E-state index in [9.17, 15) is 5.11 Å². The number of ether oxygens (including phenoxy) is 3. The third kappa shape index (κ3) is 5.70. The van der Waals surface area contributed by atoms with Gasteiger partial charge in [0.25, 0.3) is 0 Å². The molecule has 1 unspecified atom stereocenters. The maximum absolute atomic E-state index is 9.47. The second-order valence-corrected chi connectivity index (χ2v) is 3.16. The van der Waals surface area contributed by atoms with Gasteiger partial charge < -0.3 is 19.3 Å². The normalized spacial score (nSPS) is 12.4. The van der Waals surface area contributed by atoms with Gasteiger partial charge in [-0.2, -0.15) is 0 Å². The van der Waals surface area contributed by atoms with E-state index in [1.165, 1.54) is 0 Å². The van der Waals surface area contributed by atoms with Gasteiger partial charge in [-0.05, 0) is 19.1 Å². The summed E-state index contributed by atoms with van der Waals surface area (Å²) in [6, 6.07) is 9.14. The molecule has 1 rings (SSSR count). The molecule has 0 bridgehead atoms. The third-order valence-corrected chi connectivity index (χ3v) is 1.85. The summed E-state index contributed by atoms with van der Waals surface area (Å²) in [5.74, 6) is 0.628. The van der Waals surface area contributed by atoms with Crippen LogP contribution in [-0.2, 0) is 9.47 Å². The molecule has 1 N–H and O–H groups in total. The van der Waals surface area contributed by atoms with Crippen LogP contribution in [0.2, 0.25) is 0 Å². The third-order valence-electron chi connectivity index (χ3n) is 1.85. The fraction of sp³-hybridized carbons (Fsp3) is 0.500. The summed E-state index contributed by atoms with van der Waals surface area (Å²) in [5.41, 5.74) is 0. The minimum absolute atomic E-state index is 0.141. The number of para-hydroxylation sites is 1. The average Bonchev–Trinajstić information content (AvgIpc) is 2.30. The summed E-state index contributed by atoms with van der Waals surface area (Å²) < 4.78 is 15.5. The molecule has 0 radical (unpaired) electrons. The van der Waals surface area contributed by atoms with Crippen molar-refractivity contribution in [2.75, 3.05) is 26.4 Å². The lowest BCUT2D eigenvalue weighted by Crippen LogP contribution is -2.23. The van der Waals surface area contributed by atoms with Crippen LogP contribution in [0.25, 0.3) is 0 Å². The van der Waals surface area contributed by atoms with Crippen LogP contribution in [0.15, 0.2) is 30.3 Å². The summed E-state index contributed by atoms with van der Waals surface area (Å²) in [7, 11) is 0. The Morgan fingerprint density at radius 3 is 2.50 bits per heavy atom. The summed E-state index contributed by atoms with van der Waals surface area (Å²) in [6.07, 6.45) is -0.941. The molecule has 4 heteroatoms. The molecular weight excluding hydrogens is 208 g/mol. The smallest absolute Gasteiger partial charge is 0.221 e. The molecule has 0 aliphatic rings. The molecule has 4 nitrogen and oxygen atoms in total. The maximum atomic E-state index is 9.47. The van der Waals surface area contributed by atoms with E-state index in [1.54, 1.807) is 12.1 Å². The van der Waals surface area contributed by atoms with Crippen molar-refractivity contribution < 1.29 is 19.3 Å². The first-order valence-electron chi connectivity index (χ1n) is 5.38. The molecule has 1 aromatic carbocycles. The summed E-state index contributed by atoms with van der Waals surface area (Å²) in [6.45, 7) is 3.74. The summed E-state index contributed by atoms with van der Waals surface area (Å²) >= 11 is 0. The lowest BCUT2D eigenvalue weighted by Gasteiger charge is -2.13. The van der Waals surface area contributed by atoms with Crippen LogP contribution in [0.5, 0.6) is 5.75 Å². The number of rotatable bonds is 8. The standard InChI is InChI=1S/C12H18O4/c1-2-14-8-9-15-10-12(13)16-11-6-4-3-5-7-11/h3-7,12-13H,2,8-10H2,1H3. The fourth-order valence-electron chi connectivity index (χ4n) is 1.14. The Morgan fingerprint density at radius 1 is 1.12 bits per heavy atom. The first-order valence-corrected chi connectivity index (χ1v) is 5.38. The highest BCUT2D eigenvalue weighted by Gasteiger charge is 2.05. The van der Waals surface area contributed by atoms with Crippen LogP contribution in [0.4, 0.5) is 0 Å². The summed E-state index contributed by atoms with van der Waals surface area (Å²) in [4.78, 5) is 0. The second-order valence-electron chi connectivity index (χ2n) is 3.16. The van der Waals surface area contributed by atoms with E-state index in [2.05, 4.69) is 0 Å². The van der Waals surface area contributed by atoms with E-state index in [0.29, 0.717) is 25.6 Å². The first-order chi connectivity index (χ1) is 7.83. The second kappa shape index (κ2) is 8.10. The first kappa shape index (κ1) is 13.0. The van der Waals surface area contributed by atoms with E-state index in [4.69, 9.17) is 14.2 Å².